The molecule has 7 heteroatoms. The quantitative estimate of drug-likeness (QED) is 0.653. The molecule has 1 heterocycles. The molecular weight excluding hydrogens is 213 g/mol. The van der Waals surface area contributed by atoms with Crippen LogP contribution in [0.5, 0.6) is 0 Å². The number of hydrogen-bond donors (Lipinski definition) is 3. The maximum atomic E-state index is 12.9. The number of nitrogens with one attached hydrogen (secondary N) is 2. The molecule has 0 atom stereocenters. The van der Waals surface area contributed by atoms with Crippen molar-refractivity contribution >= 4 is 17.3 Å². The van der Waals surface area contributed by atoms with E-state index in [2.05, 4.69) is 20.7 Å². The van der Waals surface area contributed by atoms with E-state index in [1.807, 2.05) is 0 Å². The van der Waals surface area contributed by atoms with E-state index < -0.39 is 11.7 Å². The summed E-state index contributed by atoms with van der Waals surface area (Å²) in [5.41, 5.74) is 6.14. The van der Waals surface area contributed by atoms with Gasteiger partial charge in [-0.1, -0.05) is 0 Å². The maximum Gasteiger partial charge on any atom is 0.277 e. The molecule has 0 bridgehead atoms. The van der Waals surface area contributed by atoms with Crippen LogP contribution < -0.4 is 11.1 Å². The normalized spacial score (nSPS) is 10.1. The summed E-state index contributed by atoms with van der Waals surface area (Å²) in [6.45, 7) is 0. The first kappa shape index (κ1) is 10.1. The largest absolute Gasteiger partial charge is 0.397 e. The zero-order chi connectivity index (χ0) is 11.5. The molecule has 0 radical (unpaired) electrons. The van der Waals surface area contributed by atoms with Gasteiger partial charge in [0, 0.05) is 0 Å². The first-order valence-electron chi connectivity index (χ1n) is 4.39. The zero-order valence-corrected chi connectivity index (χ0v) is 8.07. The van der Waals surface area contributed by atoms with E-state index in [0.717, 1.165) is 6.07 Å². The van der Waals surface area contributed by atoms with Gasteiger partial charge in [0.15, 0.2) is 5.69 Å². The van der Waals surface area contributed by atoms with Crippen LogP contribution >= 0.6 is 0 Å². The van der Waals surface area contributed by atoms with Gasteiger partial charge in [-0.05, 0) is 18.2 Å². The molecule has 6 nitrogen and oxygen atoms in total. The number of anilines is 2. The van der Waals surface area contributed by atoms with Crippen LogP contribution in [-0.2, 0) is 0 Å². The highest BCUT2D eigenvalue weighted by molar-refractivity contribution is 6.04. The van der Waals surface area contributed by atoms with Crippen LogP contribution in [-0.4, -0.2) is 21.3 Å². The van der Waals surface area contributed by atoms with Gasteiger partial charge in [-0.15, -0.1) is 0 Å². The average molecular weight is 221 g/mol. The molecule has 0 unspecified atom stereocenters. The number of halogens is 1. The van der Waals surface area contributed by atoms with Crippen LogP contribution in [0.3, 0.4) is 0 Å². The number of hydrogen-bond acceptors (Lipinski definition) is 4. The van der Waals surface area contributed by atoms with Crippen LogP contribution in [0, 0.1) is 5.82 Å². The summed E-state index contributed by atoms with van der Waals surface area (Å²) >= 11 is 0. The second-order valence-corrected chi connectivity index (χ2v) is 3.04. The van der Waals surface area contributed by atoms with Gasteiger partial charge in [-0.2, -0.15) is 15.4 Å². The van der Waals surface area contributed by atoms with E-state index in [0.29, 0.717) is 0 Å². The third kappa shape index (κ3) is 1.97. The highest BCUT2D eigenvalue weighted by atomic mass is 19.1. The Morgan fingerprint density at radius 3 is 3.00 bits per heavy atom. The van der Waals surface area contributed by atoms with Crippen molar-refractivity contribution in [2.45, 2.75) is 0 Å². The molecule has 4 N–H and O–H groups in total. The Morgan fingerprint density at radius 1 is 1.50 bits per heavy atom. The summed E-state index contributed by atoms with van der Waals surface area (Å²) in [5.74, 6) is -0.990. The molecule has 0 aliphatic heterocycles. The number of benzene rings is 1. The predicted octanol–water partition coefficient (Wildman–Crippen LogP) is 0.778. The summed E-state index contributed by atoms with van der Waals surface area (Å²) in [7, 11) is 0. The van der Waals surface area contributed by atoms with Crippen LogP contribution in [0.2, 0.25) is 0 Å². The smallest absolute Gasteiger partial charge is 0.277 e. The Hall–Kier alpha value is -2.44. The number of amides is 1. The monoisotopic (exact) mass is 221 g/mol. The lowest BCUT2D eigenvalue weighted by Crippen LogP contribution is -2.13. The molecule has 0 saturated heterocycles. The topological polar surface area (TPSA) is 96.7 Å². The lowest BCUT2D eigenvalue weighted by Gasteiger charge is -2.06. The van der Waals surface area contributed by atoms with Gasteiger partial charge in [0.2, 0.25) is 0 Å². The van der Waals surface area contributed by atoms with Crippen molar-refractivity contribution in [3.8, 4) is 0 Å². The summed E-state index contributed by atoms with van der Waals surface area (Å²) < 4.78 is 12.9. The zero-order valence-electron chi connectivity index (χ0n) is 8.07. The van der Waals surface area contributed by atoms with Crippen molar-refractivity contribution in [1.29, 1.82) is 0 Å². The number of aromatic nitrogens is 3. The summed E-state index contributed by atoms with van der Waals surface area (Å²) in [6, 6.07) is 3.71. The van der Waals surface area contributed by atoms with Crippen LogP contribution in [0.15, 0.2) is 24.4 Å². The van der Waals surface area contributed by atoms with Crippen molar-refractivity contribution in [2.75, 3.05) is 11.1 Å². The molecule has 1 aromatic carbocycles. The number of rotatable bonds is 2. The average Bonchev–Trinajstić information content (AvgIpc) is 2.76. The lowest BCUT2D eigenvalue weighted by molar-refractivity contribution is 0.102. The van der Waals surface area contributed by atoms with Crippen LogP contribution in [0.25, 0.3) is 0 Å². The third-order valence-electron chi connectivity index (χ3n) is 1.91. The second-order valence-electron chi connectivity index (χ2n) is 3.04. The Bertz CT molecular complexity index is 511. The highest BCUT2D eigenvalue weighted by Gasteiger charge is 2.10. The van der Waals surface area contributed by atoms with E-state index in [1.165, 1.54) is 18.3 Å². The predicted molar refractivity (Wildman–Crippen MR) is 55.1 cm³/mol. The highest BCUT2D eigenvalue weighted by Crippen LogP contribution is 2.19. The fourth-order valence-electron chi connectivity index (χ4n) is 1.13. The molecule has 0 spiro atoms. The molecule has 16 heavy (non-hydrogen) atoms. The van der Waals surface area contributed by atoms with Gasteiger partial charge in [-0.25, -0.2) is 4.39 Å². The molecule has 1 amide bonds. The Morgan fingerprint density at radius 2 is 2.31 bits per heavy atom. The molecule has 2 rings (SSSR count). The van der Waals surface area contributed by atoms with Crippen molar-refractivity contribution < 1.29 is 9.18 Å². The number of nitrogens with two attached hydrogens (primary N) is 1. The molecule has 2 aromatic rings. The van der Waals surface area contributed by atoms with E-state index in [9.17, 15) is 9.18 Å². The minimum atomic E-state index is -0.508. The molecule has 0 aliphatic carbocycles. The standard InChI is InChI=1S/C9H8FN5O/c10-5-1-2-6(11)7(3-5)13-9(16)8-4-12-15-14-8/h1-4H,11H2,(H,13,16)(H,12,14,15). The number of carbonyl (C=O) groups excluding carboxylic acids is 1. The second kappa shape index (κ2) is 3.97. The fourth-order valence-corrected chi connectivity index (χ4v) is 1.13. The van der Waals surface area contributed by atoms with Crippen molar-refractivity contribution in [2.24, 2.45) is 0 Å². The van der Waals surface area contributed by atoms with Crippen LogP contribution in [0.4, 0.5) is 15.8 Å². The van der Waals surface area contributed by atoms with Gasteiger partial charge < -0.3 is 11.1 Å². The maximum absolute atomic E-state index is 12.9. The van der Waals surface area contributed by atoms with E-state index in [-0.39, 0.29) is 17.1 Å². The van der Waals surface area contributed by atoms with Crippen molar-refractivity contribution in [1.82, 2.24) is 15.4 Å². The van der Waals surface area contributed by atoms with Gasteiger partial charge in [0.05, 0.1) is 17.6 Å². The molecule has 0 saturated carbocycles. The summed E-state index contributed by atoms with van der Waals surface area (Å²) in [5, 5.41) is 11.8. The van der Waals surface area contributed by atoms with Gasteiger partial charge in [-0.3, -0.25) is 4.79 Å². The molecule has 0 fully saturated rings. The minimum absolute atomic E-state index is 0.101. The first-order valence-corrected chi connectivity index (χ1v) is 4.39. The number of nitrogens with zero attached hydrogens (tertiary/aromatic N) is 2. The van der Waals surface area contributed by atoms with Crippen molar-refractivity contribution in [3.05, 3.63) is 35.9 Å². The van der Waals surface area contributed by atoms with E-state index in [1.54, 1.807) is 0 Å². The number of H-pyrrole nitrogens is 1. The molecule has 1 aromatic heterocycles. The summed E-state index contributed by atoms with van der Waals surface area (Å²) in [4.78, 5) is 11.5. The van der Waals surface area contributed by atoms with Gasteiger partial charge in [0.25, 0.3) is 5.91 Å². The van der Waals surface area contributed by atoms with Crippen LogP contribution in [0.1, 0.15) is 10.5 Å². The lowest BCUT2D eigenvalue weighted by atomic mass is 10.2. The Labute approximate surface area is 89.7 Å². The van der Waals surface area contributed by atoms with Crippen molar-refractivity contribution in [3.63, 3.8) is 0 Å². The van der Waals surface area contributed by atoms with E-state index >= 15 is 0 Å². The van der Waals surface area contributed by atoms with Gasteiger partial charge in [0.1, 0.15) is 5.82 Å². The number of aromatic amines is 1. The SMILES string of the molecule is Nc1ccc(F)cc1NC(=O)c1cn[nH]n1. The minimum Gasteiger partial charge on any atom is -0.397 e. The molecule has 0 aliphatic rings. The third-order valence-corrected chi connectivity index (χ3v) is 1.91. The van der Waals surface area contributed by atoms with Gasteiger partial charge >= 0.3 is 0 Å². The fraction of sp³-hybridized carbons (Fsp3) is 0. The summed E-state index contributed by atoms with van der Waals surface area (Å²) in [6.07, 6.45) is 1.25. The number of nitrogen functional groups attached to an aromatic ring is 1. The molecule has 82 valence electrons. The molecular formula is C9H8FN5O. The van der Waals surface area contributed by atoms with E-state index in [4.69, 9.17) is 5.73 Å². The Kier molecular flexibility index (Phi) is 2.50. The Balaban J connectivity index is 2.21. The first-order chi connectivity index (χ1) is 7.66. The number of carbonyl (C=O) groups is 1.